The summed E-state index contributed by atoms with van der Waals surface area (Å²) in [5, 5.41) is 9.47. The highest BCUT2D eigenvalue weighted by molar-refractivity contribution is 5.97. The Morgan fingerprint density at radius 1 is 0.964 bits per heavy atom. The molecule has 3 aromatic carbocycles. The smallest absolute Gasteiger partial charge is 0.248 e. The molecule has 3 aromatic rings. The van der Waals surface area contributed by atoms with Gasteiger partial charge in [0.05, 0.1) is 0 Å². The van der Waals surface area contributed by atoms with Gasteiger partial charge in [0.15, 0.2) is 0 Å². The van der Waals surface area contributed by atoms with Gasteiger partial charge in [-0.05, 0) is 66.8 Å². The lowest BCUT2D eigenvalue weighted by Crippen LogP contribution is -2.40. The summed E-state index contributed by atoms with van der Waals surface area (Å²) in [7, 11) is 0. The molecule has 0 heterocycles. The number of carbonyl (C=O) groups is 1. The third kappa shape index (κ3) is 4.59. The quantitative estimate of drug-likeness (QED) is 0.677. The number of phenolic OH excluding ortho intramolecular Hbond substituents is 1. The molecule has 4 nitrogen and oxygen atoms in total. The van der Waals surface area contributed by atoms with Gasteiger partial charge in [-0.15, -0.1) is 0 Å². The number of aryl methyl sites for hydroxylation is 2. The summed E-state index contributed by atoms with van der Waals surface area (Å²) in [6.45, 7) is 4.60. The van der Waals surface area contributed by atoms with Crippen LogP contribution < -0.4 is 10.6 Å². The summed E-state index contributed by atoms with van der Waals surface area (Å²) in [5.41, 5.74) is 11.3. The molecule has 28 heavy (non-hydrogen) atoms. The van der Waals surface area contributed by atoms with Gasteiger partial charge in [-0.25, -0.2) is 0 Å². The summed E-state index contributed by atoms with van der Waals surface area (Å²) in [4.78, 5) is 15.0. The second kappa shape index (κ2) is 8.72. The highest BCUT2D eigenvalue weighted by Gasteiger charge is 2.24. The van der Waals surface area contributed by atoms with Crippen molar-refractivity contribution in [2.75, 3.05) is 11.4 Å². The predicted octanol–water partition coefficient (Wildman–Crippen LogP) is 4.28. The number of benzene rings is 3. The number of amides is 1. The summed E-state index contributed by atoms with van der Waals surface area (Å²) >= 11 is 0. The van der Waals surface area contributed by atoms with Crippen LogP contribution in [0.3, 0.4) is 0 Å². The van der Waals surface area contributed by atoms with Gasteiger partial charge in [0.1, 0.15) is 11.8 Å². The first-order valence-corrected chi connectivity index (χ1v) is 9.43. The monoisotopic (exact) mass is 374 g/mol. The molecule has 0 radical (unpaired) electrons. The Kier molecular flexibility index (Phi) is 6.12. The molecule has 1 amide bonds. The molecular weight excluding hydrogens is 348 g/mol. The van der Waals surface area contributed by atoms with Crippen molar-refractivity contribution >= 4 is 11.6 Å². The summed E-state index contributed by atoms with van der Waals surface area (Å²) in [6.07, 6.45) is 0.667. The molecular formula is C24H26N2O2. The van der Waals surface area contributed by atoms with E-state index in [4.69, 9.17) is 5.73 Å². The van der Waals surface area contributed by atoms with Crippen molar-refractivity contribution in [1.29, 1.82) is 0 Å². The van der Waals surface area contributed by atoms with Crippen LogP contribution in [-0.2, 0) is 11.2 Å². The molecule has 0 saturated carbocycles. The number of nitrogens with two attached hydrogens (primary N) is 1. The molecule has 0 bridgehead atoms. The molecule has 0 aliphatic heterocycles. The van der Waals surface area contributed by atoms with Crippen molar-refractivity contribution < 1.29 is 9.90 Å². The van der Waals surface area contributed by atoms with E-state index in [0.717, 1.165) is 22.4 Å². The van der Waals surface area contributed by atoms with E-state index in [0.29, 0.717) is 13.0 Å². The van der Waals surface area contributed by atoms with Crippen LogP contribution in [0, 0.1) is 13.8 Å². The Balaban J connectivity index is 1.87. The van der Waals surface area contributed by atoms with Crippen LogP contribution in [0.2, 0.25) is 0 Å². The molecule has 0 aliphatic carbocycles. The average Bonchev–Trinajstić information content (AvgIpc) is 2.72. The van der Waals surface area contributed by atoms with Crippen molar-refractivity contribution in [3.63, 3.8) is 0 Å². The van der Waals surface area contributed by atoms with E-state index in [1.165, 1.54) is 5.56 Å². The Morgan fingerprint density at radius 2 is 1.64 bits per heavy atom. The topological polar surface area (TPSA) is 66.6 Å². The van der Waals surface area contributed by atoms with E-state index in [1.807, 2.05) is 67.6 Å². The molecule has 144 valence electrons. The Labute approximate surface area is 166 Å². The van der Waals surface area contributed by atoms with E-state index < -0.39 is 6.04 Å². The van der Waals surface area contributed by atoms with E-state index in [-0.39, 0.29) is 11.7 Å². The minimum absolute atomic E-state index is 0.131. The highest BCUT2D eigenvalue weighted by Crippen LogP contribution is 2.23. The zero-order valence-electron chi connectivity index (χ0n) is 16.3. The molecule has 0 aromatic heterocycles. The lowest BCUT2D eigenvalue weighted by molar-refractivity contribution is -0.120. The Hall–Kier alpha value is -3.11. The van der Waals surface area contributed by atoms with Crippen LogP contribution >= 0.6 is 0 Å². The van der Waals surface area contributed by atoms with Gasteiger partial charge in [0, 0.05) is 12.2 Å². The molecule has 0 saturated heterocycles. The molecule has 0 unspecified atom stereocenters. The molecule has 3 N–H and O–H groups in total. The van der Waals surface area contributed by atoms with Crippen molar-refractivity contribution in [3.05, 3.63) is 95.1 Å². The van der Waals surface area contributed by atoms with Crippen molar-refractivity contribution in [2.45, 2.75) is 26.3 Å². The van der Waals surface area contributed by atoms with Gasteiger partial charge >= 0.3 is 0 Å². The molecule has 0 fully saturated rings. The summed E-state index contributed by atoms with van der Waals surface area (Å²) in [6, 6.07) is 21.8. The normalized spacial score (nSPS) is 11.8. The van der Waals surface area contributed by atoms with Gasteiger partial charge in [-0.1, -0.05) is 48.5 Å². The number of aromatic hydroxyl groups is 1. The first kappa shape index (κ1) is 19.6. The first-order chi connectivity index (χ1) is 13.5. The number of nitrogens with zero attached hydrogens (tertiary/aromatic N) is 1. The maximum atomic E-state index is 13.3. The van der Waals surface area contributed by atoms with Gasteiger partial charge in [0.2, 0.25) is 5.91 Å². The van der Waals surface area contributed by atoms with E-state index in [9.17, 15) is 9.90 Å². The lowest BCUT2D eigenvalue weighted by atomic mass is 10.0. The molecule has 0 spiro atoms. The SMILES string of the molecule is Cc1ccc(N(CCc2ccc(O)cc2)C(=O)[C@@H](N)c2ccccc2)cc1C. The number of anilines is 1. The summed E-state index contributed by atoms with van der Waals surface area (Å²) < 4.78 is 0. The van der Waals surface area contributed by atoms with E-state index >= 15 is 0 Å². The number of hydrogen-bond donors (Lipinski definition) is 2. The van der Waals surface area contributed by atoms with Gasteiger partial charge < -0.3 is 15.7 Å². The molecule has 0 aliphatic rings. The zero-order chi connectivity index (χ0) is 20.1. The second-order valence-corrected chi connectivity index (χ2v) is 7.06. The van der Waals surface area contributed by atoms with Crippen LogP contribution in [0.1, 0.15) is 28.3 Å². The minimum atomic E-state index is -0.720. The van der Waals surface area contributed by atoms with Gasteiger partial charge in [0.25, 0.3) is 0 Å². The largest absolute Gasteiger partial charge is 0.508 e. The van der Waals surface area contributed by atoms with Crippen LogP contribution in [0.4, 0.5) is 5.69 Å². The predicted molar refractivity (Wildman–Crippen MR) is 113 cm³/mol. The average molecular weight is 374 g/mol. The Bertz CT molecular complexity index is 937. The molecule has 3 rings (SSSR count). The van der Waals surface area contributed by atoms with E-state index in [2.05, 4.69) is 6.92 Å². The van der Waals surface area contributed by atoms with Crippen LogP contribution in [0.5, 0.6) is 5.75 Å². The fraction of sp³-hybridized carbons (Fsp3) is 0.208. The molecule has 4 heteroatoms. The number of rotatable bonds is 6. The second-order valence-electron chi connectivity index (χ2n) is 7.06. The fourth-order valence-corrected chi connectivity index (χ4v) is 3.13. The maximum Gasteiger partial charge on any atom is 0.248 e. The maximum absolute atomic E-state index is 13.3. The van der Waals surface area contributed by atoms with Crippen LogP contribution in [0.15, 0.2) is 72.8 Å². The zero-order valence-corrected chi connectivity index (χ0v) is 16.3. The van der Waals surface area contributed by atoms with Crippen LogP contribution in [0.25, 0.3) is 0 Å². The summed E-state index contributed by atoms with van der Waals surface area (Å²) in [5.74, 6) is 0.102. The third-order valence-electron chi connectivity index (χ3n) is 5.05. The van der Waals surface area contributed by atoms with Gasteiger partial charge in [-0.2, -0.15) is 0 Å². The van der Waals surface area contributed by atoms with Crippen molar-refractivity contribution in [2.24, 2.45) is 5.73 Å². The third-order valence-corrected chi connectivity index (χ3v) is 5.05. The van der Waals surface area contributed by atoms with Crippen molar-refractivity contribution in [3.8, 4) is 5.75 Å². The number of phenols is 1. The minimum Gasteiger partial charge on any atom is -0.508 e. The number of hydrogen-bond acceptors (Lipinski definition) is 3. The number of carbonyl (C=O) groups excluding carboxylic acids is 1. The fourth-order valence-electron chi connectivity index (χ4n) is 3.13. The van der Waals surface area contributed by atoms with Gasteiger partial charge in [-0.3, -0.25) is 4.79 Å². The highest BCUT2D eigenvalue weighted by atomic mass is 16.3. The van der Waals surface area contributed by atoms with E-state index in [1.54, 1.807) is 17.0 Å². The lowest BCUT2D eigenvalue weighted by Gasteiger charge is -2.27. The molecule has 1 atom stereocenters. The Morgan fingerprint density at radius 3 is 2.29 bits per heavy atom. The van der Waals surface area contributed by atoms with Crippen LogP contribution in [-0.4, -0.2) is 17.6 Å². The first-order valence-electron chi connectivity index (χ1n) is 9.43. The van der Waals surface area contributed by atoms with Crippen molar-refractivity contribution in [1.82, 2.24) is 0 Å². The standard InChI is InChI=1S/C24H26N2O2/c1-17-8-11-21(16-18(17)2)26(15-14-19-9-12-22(27)13-10-19)24(28)23(25)20-6-4-3-5-7-20/h3-13,16,23,27H,14-15,25H2,1-2H3/t23-/m0/s1.